The minimum Gasteiger partial charge on any atom is -0.450 e. The third-order valence-electron chi connectivity index (χ3n) is 1.88. The molecule has 0 fully saturated rings. The van der Waals surface area contributed by atoms with Gasteiger partial charge in [-0.2, -0.15) is 0 Å². The minimum absolute atomic E-state index is 0.0307. The van der Waals surface area contributed by atoms with Crippen LogP contribution in [-0.2, 0) is 4.74 Å². The average molecular weight is 193 g/mol. The summed E-state index contributed by atoms with van der Waals surface area (Å²) in [5.74, 6) is 0. The van der Waals surface area contributed by atoms with Crippen molar-refractivity contribution in [1.29, 1.82) is 0 Å². The van der Waals surface area contributed by atoms with Gasteiger partial charge in [-0.1, -0.05) is 0 Å². The van der Waals surface area contributed by atoms with E-state index in [0.717, 1.165) is 0 Å². The summed E-state index contributed by atoms with van der Waals surface area (Å²) < 4.78 is 4.41. The Morgan fingerprint density at radius 3 is 2.00 bits per heavy atom. The molecule has 0 aliphatic carbocycles. The Balaban J connectivity index is 3.88. The van der Waals surface area contributed by atoms with E-state index in [1.165, 1.54) is 0 Å². The molecule has 0 radical (unpaired) electrons. The van der Waals surface area contributed by atoms with Crippen molar-refractivity contribution in [3.8, 4) is 0 Å². The number of primary amides is 1. The van der Waals surface area contributed by atoms with E-state index in [1.807, 2.05) is 0 Å². The summed E-state index contributed by atoms with van der Waals surface area (Å²) in [5, 5.41) is 26.6. The molecule has 0 atom stereocenters. The van der Waals surface area contributed by atoms with Crippen molar-refractivity contribution in [2.75, 3.05) is 26.4 Å². The minimum atomic E-state index is -1.00. The molecule has 0 aliphatic heterocycles. The molecule has 0 saturated carbocycles. The zero-order chi connectivity index (χ0) is 10.3. The summed E-state index contributed by atoms with van der Waals surface area (Å²) in [4.78, 5) is 10.2. The van der Waals surface area contributed by atoms with Crippen LogP contribution in [0.25, 0.3) is 0 Å². The fourth-order valence-corrected chi connectivity index (χ4v) is 0.755. The van der Waals surface area contributed by atoms with E-state index in [9.17, 15) is 4.79 Å². The number of hydrogen-bond acceptors (Lipinski definition) is 5. The summed E-state index contributed by atoms with van der Waals surface area (Å²) in [5.41, 5.74) is 3.69. The van der Waals surface area contributed by atoms with Gasteiger partial charge in [0.25, 0.3) is 0 Å². The summed E-state index contributed by atoms with van der Waals surface area (Å²) in [6.45, 7) is -1.15. The molecule has 0 spiro atoms. The molecule has 13 heavy (non-hydrogen) atoms. The van der Waals surface area contributed by atoms with E-state index in [0.29, 0.717) is 0 Å². The van der Waals surface area contributed by atoms with Gasteiger partial charge in [-0.3, -0.25) is 0 Å². The van der Waals surface area contributed by atoms with Gasteiger partial charge >= 0.3 is 6.09 Å². The van der Waals surface area contributed by atoms with Gasteiger partial charge in [-0.15, -0.1) is 0 Å². The molecule has 1 amide bonds. The molecule has 0 bridgehead atoms. The number of carbonyl (C=O) groups is 1. The van der Waals surface area contributed by atoms with Crippen LogP contribution in [0.3, 0.4) is 0 Å². The van der Waals surface area contributed by atoms with Gasteiger partial charge in [0, 0.05) is 5.41 Å². The van der Waals surface area contributed by atoms with E-state index in [-0.39, 0.29) is 32.8 Å². The number of aliphatic hydroxyl groups is 3. The van der Waals surface area contributed by atoms with Crippen LogP contribution in [0.1, 0.15) is 6.42 Å². The summed E-state index contributed by atoms with van der Waals surface area (Å²) >= 11 is 0. The molecule has 0 aromatic heterocycles. The van der Waals surface area contributed by atoms with E-state index in [1.54, 1.807) is 0 Å². The second-order valence-electron chi connectivity index (χ2n) is 2.89. The number of ether oxygens (including phenoxy) is 1. The van der Waals surface area contributed by atoms with Gasteiger partial charge in [0.2, 0.25) is 0 Å². The van der Waals surface area contributed by atoms with Crippen LogP contribution in [0.5, 0.6) is 0 Å². The van der Waals surface area contributed by atoms with Crippen molar-refractivity contribution in [1.82, 2.24) is 0 Å². The average Bonchev–Trinajstić information content (AvgIpc) is 2.13. The number of hydrogen-bond donors (Lipinski definition) is 4. The SMILES string of the molecule is NC(=O)OCCC(CO)(CO)CO. The molecule has 6 heteroatoms. The molecule has 0 aromatic rings. The zero-order valence-electron chi connectivity index (χ0n) is 7.27. The molecule has 0 saturated heterocycles. The summed E-state index contributed by atoms with van der Waals surface area (Å²) in [7, 11) is 0. The quantitative estimate of drug-likeness (QED) is 0.407. The highest BCUT2D eigenvalue weighted by Crippen LogP contribution is 2.19. The van der Waals surface area contributed by atoms with Crippen molar-refractivity contribution in [3.63, 3.8) is 0 Å². The molecule has 0 heterocycles. The maximum absolute atomic E-state index is 10.2. The lowest BCUT2D eigenvalue weighted by Gasteiger charge is -2.26. The monoisotopic (exact) mass is 193 g/mol. The number of rotatable bonds is 6. The van der Waals surface area contributed by atoms with Gasteiger partial charge in [0.1, 0.15) is 0 Å². The fraction of sp³-hybridized carbons (Fsp3) is 0.857. The van der Waals surface area contributed by atoms with Crippen molar-refractivity contribution in [2.24, 2.45) is 11.1 Å². The highest BCUT2D eigenvalue weighted by Gasteiger charge is 2.27. The van der Waals surface area contributed by atoms with Crippen LogP contribution in [-0.4, -0.2) is 47.8 Å². The lowest BCUT2D eigenvalue weighted by Crippen LogP contribution is -2.35. The van der Waals surface area contributed by atoms with Gasteiger partial charge in [0.15, 0.2) is 0 Å². The van der Waals surface area contributed by atoms with Crippen molar-refractivity contribution in [2.45, 2.75) is 6.42 Å². The number of amides is 1. The Morgan fingerprint density at radius 1 is 1.23 bits per heavy atom. The van der Waals surface area contributed by atoms with E-state index in [4.69, 9.17) is 21.1 Å². The predicted molar refractivity (Wildman–Crippen MR) is 43.8 cm³/mol. The molecular formula is C7H15NO5. The van der Waals surface area contributed by atoms with E-state index < -0.39 is 11.5 Å². The third kappa shape index (κ3) is 4.07. The zero-order valence-corrected chi connectivity index (χ0v) is 7.27. The van der Waals surface area contributed by atoms with Gasteiger partial charge in [-0.05, 0) is 6.42 Å². The van der Waals surface area contributed by atoms with E-state index in [2.05, 4.69) is 4.74 Å². The first-order chi connectivity index (χ1) is 6.10. The first-order valence-electron chi connectivity index (χ1n) is 3.85. The van der Waals surface area contributed by atoms with Crippen LogP contribution in [0, 0.1) is 5.41 Å². The number of aliphatic hydroxyl groups excluding tert-OH is 3. The van der Waals surface area contributed by atoms with Gasteiger partial charge in [0.05, 0.1) is 26.4 Å². The first-order valence-corrected chi connectivity index (χ1v) is 3.85. The largest absolute Gasteiger partial charge is 0.450 e. The smallest absolute Gasteiger partial charge is 0.404 e. The van der Waals surface area contributed by atoms with Crippen molar-refractivity contribution < 1.29 is 24.9 Å². The standard InChI is InChI=1S/C7H15NO5/c8-6(12)13-2-1-7(3-9,4-10)5-11/h9-11H,1-5H2,(H2,8,12). The third-order valence-corrected chi connectivity index (χ3v) is 1.88. The maximum Gasteiger partial charge on any atom is 0.404 e. The Kier molecular flexibility index (Phi) is 5.36. The first kappa shape index (κ1) is 12.2. The summed E-state index contributed by atoms with van der Waals surface area (Å²) in [6.07, 6.45) is -0.748. The van der Waals surface area contributed by atoms with Crippen LogP contribution in [0.15, 0.2) is 0 Å². The van der Waals surface area contributed by atoms with Gasteiger partial charge in [-0.25, -0.2) is 4.79 Å². The Bertz CT molecular complexity index is 149. The molecule has 5 N–H and O–H groups in total. The highest BCUT2D eigenvalue weighted by atomic mass is 16.5. The Labute approximate surface area is 75.9 Å². The molecule has 0 aliphatic rings. The molecule has 0 unspecified atom stereocenters. The van der Waals surface area contributed by atoms with E-state index >= 15 is 0 Å². The van der Waals surface area contributed by atoms with Crippen LogP contribution in [0.4, 0.5) is 4.79 Å². The van der Waals surface area contributed by atoms with Crippen LogP contribution >= 0.6 is 0 Å². The topological polar surface area (TPSA) is 113 Å². The van der Waals surface area contributed by atoms with Gasteiger partial charge < -0.3 is 25.8 Å². The van der Waals surface area contributed by atoms with Crippen LogP contribution in [0.2, 0.25) is 0 Å². The molecule has 6 nitrogen and oxygen atoms in total. The molecule has 0 aromatic carbocycles. The molecule has 0 rings (SSSR count). The van der Waals surface area contributed by atoms with Crippen molar-refractivity contribution >= 4 is 6.09 Å². The number of nitrogens with two attached hydrogens (primary N) is 1. The second-order valence-corrected chi connectivity index (χ2v) is 2.89. The van der Waals surface area contributed by atoms with Crippen LogP contribution < -0.4 is 5.73 Å². The number of carbonyl (C=O) groups excluding carboxylic acids is 1. The molecular weight excluding hydrogens is 178 g/mol. The normalized spacial score (nSPS) is 11.3. The Morgan fingerprint density at radius 2 is 1.69 bits per heavy atom. The highest BCUT2D eigenvalue weighted by molar-refractivity contribution is 5.64. The lowest BCUT2D eigenvalue weighted by atomic mass is 9.88. The predicted octanol–water partition coefficient (Wildman–Crippen LogP) is -1.56. The lowest BCUT2D eigenvalue weighted by molar-refractivity contribution is -0.0126. The maximum atomic E-state index is 10.2. The summed E-state index contributed by atoms with van der Waals surface area (Å²) in [6, 6.07) is 0. The second kappa shape index (κ2) is 5.74. The van der Waals surface area contributed by atoms with Crippen molar-refractivity contribution in [3.05, 3.63) is 0 Å². The Hall–Kier alpha value is -0.850. The fourth-order valence-electron chi connectivity index (χ4n) is 0.755. The molecule has 78 valence electrons.